The molecule has 0 saturated heterocycles. The van der Waals surface area contributed by atoms with E-state index in [2.05, 4.69) is 10.3 Å². The second kappa shape index (κ2) is 5.02. The highest BCUT2D eigenvalue weighted by Gasteiger charge is 2.28. The predicted molar refractivity (Wildman–Crippen MR) is 75.6 cm³/mol. The Morgan fingerprint density at radius 3 is 3.05 bits per heavy atom. The van der Waals surface area contributed by atoms with E-state index >= 15 is 0 Å². The number of anilines is 1. The van der Waals surface area contributed by atoms with Gasteiger partial charge in [-0.15, -0.1) is 0 Å². The third-order valence-electron chi connectivity index (χ3n) is 3.44. The van der Waals surface area contributed by atoms with Crippen molar-refractivity contribution < 1.29 is 4.79 Å². The summed E-state index contributed by atoms with van der Waals surface area (Å²) in [6.07, 6.45) is 3.59. The number of fused-ring (bicyclic) bond motifs is 1. The zero-order valence-electron chi connectivity index (χ0n) is 10.3. The van der Waals surface area contributed by atoms with Gasteiger partial charge in [0.05, 0.1) is 10.9 Å². The number of Topliss-reactive ketones (excluding diaryl/α,β-unsaturated/α-hetero) is 1. The lowest BCUT2D eigenvalue weighted by molar-refractivity contribution is -0.119. The maximum Gasteiger partial charge on any atom is 0.146 e. The molecule has 3 rings (SSSR count). The van der Waals surface area contributed by atoms with Gasteiger partial charge in [0.1, 0.15) is 5.78 Å². The minimum absolute atomic E-state index is 0.0829. The Balaban J connectivity index is 1.81. The van der Waals surface area contributed by atoms with Gasteiger partial charge in [-0.2, -0.15) is 0 Å². The van der Waals surface area contributed by atoms with Crippen LogP contribution in [0.1, 0.15) is 17.0 Å². The number of rotatable bonds is 3. The molecule has 1 N–H and O–H groups in total. The Labute approximate surface area is 116 Å². The van der Waals surface area contributed by atoms with Crippen LogP contribution in [-0.4, -0.2) is 17.3 Å². The molecule has 2 heterocycles. The summed E-state index contributed by atoms with van der Waals surface area (Å²) in [6.45, 7) is 0.668. The van der Waals surface area contributed by atoms with Crippen molar-refractivity contribution in [2.75, 3.05) is 11.9 Å². The zero-order chi connectivity index (χ0) is 13.2. The molecule has 2 aromatic rings. The second-order valence-corrected chi connectivity index (χ2v) is 5.04. The highest BCUT2D eigenvalue weighted by atomic mass is 35.5. The quantitative estimate of drug-likeness (QED) is 0.934. The first-order valence-electron chi connectivity index (χ1n) is 6.19. The summed E-state index contributed by atoms with van der Waals surface area (Å²) >= 11 is 6.04. The fraction of sp³-hybridized carbons (Fsp3) is 0.200. The largest absolute Gasteiger partial charge is 0.384 e. The average Bonchev–Trinajstić information content (AvgIpc) is 2.85. The minimum Gasteiger partial charge on any atom is -0.384 e. The van der Waals surface area contributed by atoms with Crippen molar-refractivity contribution in [2.45, 2.75) is 12.3 Å². The number of halogens is 1. The molecule has 4 heteroatoms. The number of ketones is 1. The third kappa shape index (κ3) is 2.34. The topological polar surface area (TPSA) is 42.0 Å². The molecule has 1 atom stereocenters. The summed E-state index contributed by atoms with van der Waals surface area (Å²) in [6, 6.07) is 9.74. The van der Waals surface area contributed by atoms with E-state index in [4.69, 9.17) is 11.6 Å². The number of aromatic nitrogens is 1. The summed E-state index contributed by atoms with van der Waals surface area (Å²) in [7, 11) is 0. The van der Waals surface area contributed by atoms with E-state index in [1.54, 1.807) is 18.5 Å². The zero-order valence-corrected chi connectivity index (χ0v) is 11.0. The molecular weight excluding hydrogens is 260 g/mol. The number of carbonyl (C=O) groups is 1. The lowest BCUT2D eigenvalue weighted by Gasteiger charge is -2.09. The number of carbonyl (C=O) groups excluding carboxylic acids is 1. The molecule has 0 amide bonds. The number of para-hydroxylation sites is 1. The average molecular weight is 273 g/mol. The first kappa shape index (κ1) is 12.2. The summed E-state index contributed by atoms with van der Waals surface area (Å²) in [5, 5.41) is 3.82. The number of hydrogen-bond donors (Lipinski definition) is 1. The van der Waals surface area contributed by atoms with E-state index in [-0.39, 0.29) is 11.7 Å². The van der Waals surface area contributed by atoms with Gasteiger partial charge in [0.25, 0.3) is 0 Å². The van der Waals surface area contributed by atoms with Crippen LogP contribution in [0.25, 0.3) is 0 Å². The Morgan fingerprint density at radius 1 is 1.37 bits per heavy atom. The summed E-state index contributed by atoms with van der Waals surface area (Å²) in [5.74, 6) is 0.103. The predicted octanol–water partition coefficient (Wildman–Crippen LogP) is 3.06. The number of nitrogens with one attached hydrogen (secondary N) is 1. The monoisotopic (exact) mass is 272 g/mol. The van der Waals surface area contributed by atoms with Crippen LogP contribution < -0.4 is 5.32 Å². The van der Waals surface area contributed by atoms with Crippen molar-refractivity contribution >= 4 is 23.1 Å². The molecule has 0 aliphatic carbocycles. The minimum atomic E-state index is -0.0829. The van der Waals surface area contributed by atoms with E-state index in [9.17, 15) is 4.79 Å². The standard InChI is InChI=1S/C15H13ClN2O/c16-13-9-17-6-5-10(13)7-15(19)12-8-18-14-4-2-1-3-11(12)14/h1-6,9,12,18H,7-8H2. The molecule has 0 radical (unpaired) electrons. The SMILES string of the molecule is O=C(Cc1ccncc1Cl)C1CNc2ccccc21. The van der Waals surface area contributed by atoms with E-state index in [1.165, 1.54) is 0 Å². The van der Waals surface area contributed by atoms with E-state index in [0.29, 0.717) is 18.0 Å². The molecule has 1 unspecified atom stereocenters. The number of pyridine rings is 1. The van der Waals surface area contributed by atoms with Crippen LogP contribution in [0.2, 0.25) is 5.02 Å². The number of benzene rings is 1. The molecule has 3 nitrogen and oxygen atoms in total. The van der Waals surface area contributed by atoms with Crippen LogP contribution in [0.15, 0.2) is 42.7 Å². The second-order valence-electron chi connectivity index (χ2n) is 4.63. The van der Waals surface area contributed by atoms with Crippen LogP contribution in [0, 0.1) is 0 Å². The first-order chi connectivity index (χ1) is 9.25. The maximum absolute atomic E-state index is 12.4. The van der Waals surface area contributed by atoms with Crippen molar-refractivity contribution in [3.05, 3.63) is 58.9 Å². The van der Waals surface area contributed by atoms with Gasteiger partial charge in [-0.3, -0.25) is 9.78 Å². The maximum atomic E-state index is 12.4. The normalized spacial score (nSPS) is 16.8. The summed E-state index contributed by atoms with van der Waals surface area (Å²) in [4.78, 5) is 16.3. The van der Waals surface area contributed by atoms with Gasteiger partial charge in [-0.25, -0.2) is 0 Å². The van der Waals surface area contributed by atoms with Gasteiger partial charge in [-0.1, -0.05) is 29.8 Å². The molecule has 0 bridgehead atoms. The van der Waals surface area contributed by atoms with Crippen LogP contribution in [0.4, 0.5) is 5.69 Å². The highest BCUT2D eigenvalue weighted by molar-refractivity contribution is 6.31. The molecule has 1 aliphatic rings. The van der Waals surface area contributed by atoms with Crippen molar-refractivity contribution in [3.8, 4) is 0 Å². The van der Waals surface area contributed by atoms with Gasteiger partial charge < -0.3 is 5.32 Å². The summed E-state index contributed by atoms with van der Waals surface area (Å²) in [5.41, 5.74) is 2.98. The Kier molecular flexibility index (Phi) is 3.22. The molecule has 1 aromatic heterocycles. The molecule has 0 fully saturated rings. The van der Waals surface area contributed by atoms with Crippen molar-refractivity contribution in [1.29, 1.82) is 0 Å². The van der Waals surface area contributed by atoms with Crippen LogP contribution in [-0.2, 0) is 11.2 Å². The van der Waals surface area contributed by atoms with Gasteiger partial charge >= 0.3 is 0 Å². The molecule has 0 spiro atoms. The van der Waals surface area contributed by atoms with E-state index in [0.717, 1.165) is 16.8 Å². The van der Waals surface area contributed by atoms with Crippen molar-refractivity contribution in [1.82, 2.24) is 4.98 Å². The number of hydrogen-bond acceptors (Lipinski definition) is 3. The van der Waals surface area contributed by atoms with Gasteiger partial charge in [-0.05, 0) is 23.3 Å². The van der Waals surface area contributed by atoms with E-state index in [1.807, 2.05) is 24.3 Å². The molecule has 96 valence electrons. The van der Waals surface area contributed by atoms with Crippen molar-refractivity contribution in [2.24, 2.45) is 0 Å². The van der Waals surface area contributed by atoms with Gasteiger partial charge in [0, 0.05) is 31.0 Å². The smallest absolute Gasteiger partial charge is 0.146 e. The van der Waals surface area contributed by atoms with Gasteiger partial charge in [0.2, 0.25) is 0 Å². The molecule has 1 aliphatic heterocycles. The van der Waals surface area contributed by atoms with E-state index < -0.39 is 0 Å². The van der Waals surface area contributed by atoms with Crippen LogP contribution >= 0.6 is 11.6 Å². The molecular formula is C15H13ClN2O. The first-order valence-corrected chi connectivity index (χ1v) is 6.57. The fourth-order valence-corrected chi connectivity index (χ4v) is 2.62. The molecule has 19 heavy (non-hydrogen) atoms. The van der Waals surface area contributed by atoms with Crippen LogP contribution in [0.3, 0.4) is 0 Å². The fourth-order valence-electron chi connectivity index (χ4n) is 2.43. The summed E-state index contributed by atoms with van der Waals surface area (Å²) < 4.78 is 0. The van der Waals surface area contributed by atoms with Gasteiger partial charge in [0.15, 0.2) is 0 Å². The third-order valence-corrected chi connectivity index (χ3v) is 3.78. The Hall–Kier alpha value is -1.87. The van der Waals surface area contributed by atoms with Crippen molar-refractivity contribution in [3.63, 3.8) is 0 Å². The molecule has 0 saturated carbocycles. The number of nitrogens with zero attached hydrogens (tertiary/aromatic N) is 1. The van der Waals surface area contributed by atoms with Crippen LogP contribution in [0.5, 0.6) is 0 Å². The highest BCUT2D eigenvalue weighted by Crippen LogP contribution is 2.32. The Morgan fingerprint density at radius 2 is 2.21 bits per heavy atom. The lowest BCUT2D eigenvalue weighted by atomic mass is 9.93. The lowest BCUT2D eigenvalue weighted by Crippen LogP contribution is -2.17. The Bertz CT molecular complexity index is 627. The molecule has 1 aromatic carbocycles.